The van der Waals surface area contributed by atoms with Crippen LogP contribution in [-0.2, 0) is 18.0 Å². The lowest BCUT2D eigenvalue weighted by Crippen LogP contribution is -2.15. The molecule has 142 valence electrons. The molecule has 0 aliphatic carbocycles. The lowest BCUT2D eigenvalue weighted by atomic mass is 10.1. The summed E-state index contributed by atoms with van der Waals surface area (Å²) < 4.78 is 59.1. The average molecular weight is 382 g/mol. The molecule has 6 nitrogen and oxygen atoms in total. The van der Waals surface area contributed by atoms with Gasteiger partial charge in [-0.25, -0.2) is 4.39 Å². The summed E-state index contributed by atoms with van der Waals surface area (Å²) in [4.78, 5) is 12.7. The molecule has 27 heavy (non-hydrogen) atoms. The number of anilines is 2. The summed E-state index contributed by atoms with van der Waals surface area (Å²) in [5, 5.41) is 7.12. The molecule has 0 unspecified atom stereocenters. The first-order chi connectivity index (χ1) is 12.6. The molecule has 0 saturated carbocycles. The lowest BCUT2D eigenvalue weighted by Gasteiger charge is -2.17. The Balaban J connectivity index is 2.04. The monoisotopic (exact) mass is 382 g/mol. The Morgan fingerprint density at radius 1 is 1.22 bits per heavy atom. The van der Waals surface area contributed by atoms with E-state index in [0.29, 0.717) is 23.6 Å². The minimum absolute atomic E-state index is 0.0404. The van der Waals surface area contributed by atoms with Gasteiger partial charge < -0.3 is 4.52 Å². The molecular weight excluding hydrogens is 368 g/mol. The molecular formula is C17H14F4N4O2. The number of nitrogens with zero attached hydrogens (tertiary/aromatic N) is 4. The fourth-order valence-corrected chi connectivity index (χ4v) is 2.78. The van der Waals surface area contributed by atoms with E-state index in [-0.39, 0.29) is 16.9 Å². The van der Waals surface area contributed by atoms with Crippen molar-refractivity contribution in [2.45, 2.75) is 20.0 Å². The van der Waals surface area contributed by atoms with Crippen LogP contribution in [0, 0.1) is 19.7 Å². The van der Waals surface area contributed by atoms with Crippen LogP contribution in [0.15, 0.2) is 28.8 Å². The number of rotatable bonds is 4. The molecule has 3 aromatic rings. The number of benzene rings is 1. The van der Waals surface area contributed by atoms with E-state index < -0.39 is 17.7 Å². The lowest BCUT2D eigenvalue weighted by molar-refractivity contribution is -0.141. The second kappa shape index (κ2) is 6.53. The normalized spacial score (nSPS) is 11.7. The van der Waals surface area contributed by atoms with Gasteiger partial charge in [0.2, 0.25) is 6.41 Å². The number of aromatic nitrogens is 3. The van der Waals surface area contributed by atoms with Gasteiger partial charge in [-0.05, 0) is 38.1 Å². The summed E-state index contributed by atoms with van der Waals surface area (Å²) >= 11 is 0. The van der Waals surface area contributed by atoms with Crippen molar-refractivity contribution in [2.24, 2.45) is 7.05 Å². The molecule has 1 aromatic carbocycles. The smallest absolute Gasteiger partial charge is 0.359 e. The van der Waals surface area contributed by atoms with Crippen molar-refractivity contribution in [1.29, 1.82) is 0 Å². The van der Waals surface area contributed by atoms with Crippen molar-refractivity contribution in [3.05, 3.63) is 47.2 Å². The first-order valence-electron chi connectivity index (χ1n) is 7.72. The van der Waals surface area contributed by atoms with Gasteiger partial charge in [0.1, 0.15) is 17.2 Å². The summed E-state index contributed by atoms with van der Waals surface area (Å²) in [6, 6.07) is 4.52. The molecule has 10 heteroatoms. The van der Waals surface area contributed by atoms with Gasteiger partial charge in [0.05, 0.1) is 11.4 Å². The van der Waals surface area contributed by atoms with Crippen molar-refractivity contribution < 1.29 is 26.9 Å². The zero-order valence-electron chi connectivity index (χ0n) is 14.5. The van der Waals surface area contributed by atoms with Gasteiger partial charge in [0.25, 0.3) is 0 Å². The molecule has 0 N–H and O–H groups in total. The van der Waals surface area contributed by atoms with Crippen molar-refractivity contribution in [3.63, 3.8) is 0 Å². The second-order valence-corrected chi connectivity index (χ2v) is 5.85. The highest BCUT2D eigenvalue weighted by molar-refractivity contribution is 5.88. The molecule has 0 radical (unpaired) electrons. The van der Waals surface area contributed by atoms with Crippen molar-refractivity contribution in [3.8, 4) is 11.3 Å². The van der Waals surface area contributed by atoms with E-state index >= 15 is 0 Å². The molecule has 0 aliphatic rings. The largest absolute Gasteiger partial charge is 0.435 e. The zero-order valence-corrected chi connectivity index (χ0v) is 14.5. The van der Waals surface area contributed by atoms with Crippen LogP contribution in [-0.4, -0.2) is 21.3 Å². The number of carbonyl (C=O) groups is 1. The fraction of sp³-hybridized carbons (Fsp3) is 0.235. The molecule has 3 rings (SSSR count). The molecule has 2 aromatic heterocycles. The molecule has 0 atom stereocenters. The van der Waals surface area contributed by atoms with Gasteiger partial charge in [0.15, 0.2) is 11.5 Å². The number of halogens is 4. The van der Waals surface area contributed by atoms with E-state index in [9.17, 15) is 22.4 Å². The van der Waals surface area contributed by atoms with E-state index in [2.05, 4.69) is 10.3 Å². The Kier molecular flexibility index (Phi) is 4.50. The van der Waals surface area contributed by atoms with Crippen molar-refractivity contribution in [2.75, 3.05) is 4.90 Å². The third kappa shape index (κ3) is 3.29. The molecule has 0 saturated heterocycles. The first-order valence-corrected chi connectivity index (χ1v) is 7.72. The van der Waals surface area contributed by atoms with Crippen LogP contribution in [0.25, 0.3) is 11.3 Å². The van der Waals surface area contributed by atoms with E-state index in [4.69, 9.17) is 4.52 Å². The summed E-state index contributed by atoms with van der Waals surface area (Å²) in [6.07, 6.45) is -4.16. The molecule has 1 amide bonds. The van der Waals surface area contributed by atoms with Gasteiger partial charge in [-0.3, -0.25) is 14.4 Å². The minimum Gasteiger partial charge on any atom is -0.359 e. The van der Waals surface area contributed by atoms with E-state index in [1.807, 2.05) is 0 Å². The molecule has 2 heterocycles. The SMILES string of the molecule is Cc1noc(C)c1N(C=O)c1ccc(-c2cc(C(F)(F)F)nn2C)c(F)c1. The van der Waals surface area contributed by atoms with Crippen molar-refractivity contribution >= 4 is 17.8 Å². The summed E-state index contributed by atoms with van der Waals surface area (Å²) in [5.74, 6) is -0.437. The van der Waals surface area contributed by atoms with Crippen LogP contribution in [0.3, 0.4) is 0 Å². The van der Waals surface area contributed by atoms with Crippen LogP contribution >= 0.6 is 0 Å². The zero-order chi connectivity index (χ0) is 19.9. The maximum Gasteiger partial charge on any atom is 0.435 e. The Morgan fingerprint density at radius 3 is 2.41 bits per heavy atom. The Morgan fingerprint density at radius 2 is 1.93 bits per heavy atom. The highest BCUT2D eigenvalue weighted by Crippen LogP contribution is 2.35. The Labute approximate surface area is 151 Å². The number of hydrogen-bond donors (Lipinski definition) is 0. The van der Waals surface area contributed by atoms with Crippen molar-refractivity contribution in [1.82, 2.24) is 14.9 Å². The van der Waals surface area contributed by atoms with E-state index in [0.717, 1.165) is 21.7 Å². The highest BCUT2D eigenvalue weighted by atomic mass is 19.4. The number of carbonyl (C=O) groups excluding carboxylic acids is 1. The minimum atomic E-state index is -4.63. The summed E-state index contributed by atoms with van der Waals surface area (Å²) in [5.41, 5.74) is -0.245. The second-order valence-electron chi connectivity index (χ2n) is 5.85. The van der Waals surface area contributed by atoms with Gasteiger partial charge in [-0.15, -0.1) is 0 Å². The van der Waals surface area contributed by atoms with Crippen LogP contribution in [0.4, 0.5) is 28.9 Å². The Hall–Kier alpha value is -3.17. The van der Waals surface area contributed by atoms with Crippen LogP contribution in [0.5, 0.6) is 0 Å². The standard InChI is InChI=1S/C17H14F4N4O2/c1-9-16(10(2)27-23-9)25(8-26)11-4-5-12(13(18)6-11)14-7-15(17(19,20)21)22-24(14)3/h4-8H,1-3H3. The predicted octanol–water partition coefficient (Wildman–Crippen LogP) is 4.14. The molecule has 0 spiro atoms. The first kappa shape index (κ1) is 18.6. The fourth-order valence-electron chi connectivity index (χ4n) is 2.78. The van der Waals surface area contributed by atoms with Gasteiger partial charge in [-0.1, -0.05) is 5.16 Å². The topological polar surface area (TPSA) is 64.2 Å². The number of aryl methyl sites for hydroxylation is 3. The third-order valence-electron chi connectivity index (χ3n) is 4.02. The molecule has 0 fully saturated rings. The summed E-state index contributed by atoms with van der Waals surface area (Å²) in [6.45, 7) is 3.23. The predicted molar refractivity (Wildman–Crippen MR) is 87.8 cm³/mol. The molecule has 0 bridgehead atoms. The number of hydrogen-bond acceptors (Lipinski definition) is 4. The molecule has 0 aliphatic heterocycles. The number of alkyl halides is 3. The van der Waals surface area contributed by atoms with Crippen LogP contribution in [0.1, 0.15) is 17.1 Å². The van der Waals surface area contributed by atoms with Crippen LogP contribution in [0.2, 0.25) is 0 Å². The van der Waals surface area contributed by atoms with E-state index in [1.54, 1.807) is 13.8 Å². The summed E-state index contributed by atoms with van der Waals surface area (Å²) in [7, 11) is 1.29. The Bertz CT molecular complexity index is 988. The third-order valence-corrected chi connectivity index (χ3v) is 4.02. The van der Waals surface area contributed by atoms with Gasteiger partial charge in [-0.2, -0.15) is 18.3 Å². The quantitative estimate of drug-likeness (QED) is 0.502. The van der Waals surface area contributed by atoms with E-state index in [1.165, 1.54) is 19.2 Å². The maximum atomic E-state index is 14.7. The van der Waals surface area contributed by atoms with Gasteiger partial charge >= 0.3 is 6.18 Å². The van der Waals surface area contributed by atoms with Gasteiger partial charge in [0, 0.05) is 12.6 Å². The van der Waals surface area contributed by atoms with Crippen LogP contribution < -0.4 is 4.90 Å². The highest BCUT2D eigenvalue weighted by Gasteiger charge is 2.35. The average Bonchev–Trinajstić information content (AvgIpc) is 3.13. The maximum absolute atomic E-state index is 14.7. The number of amides is 1.